The minimum absolute atomic E-state index is 0.146. The molecule has 0 saturated carbocycles. The van der Waals surface area contributed by atoms with Crippen molar-refractivity contribution in [3.05, 3.63) is 57.6 Å². The molecule has 23 heavy (non-hydrogen) atoms. The van der Waals surface area contributed by atoms with Crippen LogP contribution in [0.1, 0.15) is 11.1 Å². The summed E-state index contributed by atoms with van der Waals surface area (Å²) in [6.45, 7) is 1.89. The fraction of sp³-hybridized carbons (Fsp3) is 0.294. The molecule has 0 saturated heterocycles. The lowest BCUT2D eigenvalue weighted by atomic mass is 10.2. The van der Waals surface area contributed by atoms with E-state index in [0.29, 0.717) is 41.2 Å². The summed E-state index contributed by atoms with van der Waals surface area (Å²) in [6.07, 6.45) is 0. The van der Waals surface area contributed by atoms with Gasteiger partial charge < -0.3 is 19.9 Å². The number of aliphatic hydroxyl groups is 1. The average molecular weight is 357 g/mol. The summed E-state index contributed by atoms with van der Waals surface area (Å²) in [7, 11) is 1.59. The van der Waals surface area contributed by atoms with Crippen molar-refractivity contribution >= 4 is 23.2 Å². The smallest absolute Gasteiger partial charge is 0.180 e. The van der Waals surface area contributed by atoms with Gasteiger partial charge in [-0.1, -0.05) is 35.3 Å². The molecule has 2 aromatic carbocycles. The van der Waals surface area contributed by atoms with Crippen LogP contribution in [-0.4, -0.2) is 25.4 Å². The Morgan fingerprint density at radius 2 is 1.83 bits per heavy atom. The van der Waals surface area contributed by atoms with Crippen molar-refractivity contribution in [2.24, 2.45) is 0 Å². The fourth-order valence-electron chi connectivity index (χ4n) is 2.13. The normalized spacial score (nSPS) is 10.6. The van der Waals surface area contributed by atoms with Gasteiger partial charge >= 0.3 is 0 Å². The zero-order valence-corrected chi connectivity index (χ0v) is 14.4. The van der Waals surface area contributed by atoms with Crippen LogP contribution in [0, 0.1) is 0 Å². The van der Waals surface area contributed by atoms with Crippen LogP contribution in [-0.2, 0) is 13.2 Å². The van der Waals surface area contributed by atoms with E-state index in [-0.39, 0.29) is 6.61 Å². The predicted molar refractivity (Wildman–Crippen MR) is 91.4 cm³/mol. The summed E-state index contributed by atoms with van der Waals surface area (Å²) in [5.41, 5.74) is 2.01. The topological polar surface area (TPSA) is 55.3 Å². The maximum atomic E-state index is 8.83. The number of benzene rings is 2. The first-order valence-corrected chi connectivity index (χ1v) is 8.05. The summed E-state index contributed by atoms with van der Waals surface area (Å²) in [5, 5.41) is 12.0. The Morgan fingerprint density at radius 3 is 2.48 bits per heavy atom. The molecule has 0 aliphatic carbocycles. The summed E-state index contributed by atoms with van der Waals surface area (Å²) in [4.78, 5) is 0. The molecule has 0 fully saturated rings. The molecule has 0 aromatic heterocycles. The van der Waals surface area contributed by atoms with Crippen LogP contribution in [0.3, 0.4) is 0 Å². The van der Waals surface area contributed by atoms with E-state index in [1.165, 1.54) is 0 Å². The SMILES string of the molecule is COc1cc(C[NH2+]CCO)cc(Cl)c1OCc1ccc(Cl)cc1. The van der Waals surface area contributed by atoms with Gasteiger partial charge in [-0.2, -0.15) is 0 Å². The van der Waals surface area contributed by atoms with Crippen molar-refractivity contribution in [3.8, 4) is 11.5 Å². The second-order valence-corrected chi connectivity index (χ2v) is 5.87. The van der Waals surface area contributed by atoms with E-state index in [1.807, 2.05) is 41.7 Å². The highest BCUT2D eigenvalue weighted by Gasteiger charge is 2.13. The maximum Gasteiger partial charge on any atom is 0.180 e. The van der Waals surface area contributed by atoms with Crippen LogP contribution in [0.5, 0.6) is 11.5 Å². The molecule has 3 N–H and O–H groups in total. The van der Waals surface area contributed by atoms with Crippen LogP contribution in [0.2, 0.25) is 10.0 Å². The van der Waals surface area contributed by atoms with Gasteiger partial charge in [-0.05, 0) is 29.8 Å². The second kappa shape index (κ2) is 8.99. The van der Waals surface area contributed by atoms with Crippen molar-refractivity contribution in [1.29, 1.82) is 0 Å². The fourth-order valence-corrected chi connectivity index (χ4v) is 2.54. The van der Waals surface area contributed by atoms with Crippen molar-refractivity contribution in [1.82, 2.24) is 0 Å². The number of aliphatic hydroxyl groups excluding tert-OH is 1. The van der Waals surface area contributed by atoms with Gasteiger partial charge in [0.1, 0.15) is 13.2 Å². The first-order valence-electron chi connectivity index (χ1n) is 7.30. The van der Waals surface area contributed by atoms with E-state index in [4.69, 9.17) is 37.8 Å². The molecule has 0 aliphatic heterocycles. The third-order valence-corrected chi connectivity index (χ3v) is 3.83. The Labute approximate surface area is 145 Å². The summed E-state index contributed by atoms with van der Waals surface area (Å²) in [5.74, 6) is 1.12. The molecule has 6 heteroatoms. The van der Waals surface area contributed by atoms with Crippen molar-refractivity contribution < 1.29 is 19.9 Å². The number of nitrogens with two attached hydrogens (primary N) is 1. The number of methoxy groups -OCH3 is 1. The highest BCUT2D eigenvalue weighted by molar-refractivity contribution is 6.32. The highest BCUT2D eigenvalue weighted by atomic mass is 35.5. The molecular weight excluding hydrogens is 337 g/mol. The maximum absolute atomic E-state index is 8.83. The van der Waals surface area contributed by atoms with Gasteiger partial charge in [0.2, 0.25) is 0 Å². The molecule has 0 atom stereocenters. The first kappa shape index (κ1) is 17.9. The van der Waals surface area contributed by atoms with Gasteiger partial charge in [-0.15, -0.1) is 0 Å². The summed E-state index contributed by atoms with van der Waals surface area (Å²) in [6, 6.07) is 11.2. The van der Waals surface area contributed by atoms with Gasteiger partial charge in [-0.25, -0.2) is 0 Å². The van der Waals surface area contributed by atoms with Gasteiger partial charge in [0.25, 0.3) is 0 Å². The lowest BCUT2D eigenvalue weighted by Crippen LogP contribution is -2.83. The molecule has 0 radical (unpaired) electrons. The third-order valence-electron chi connectivity index (χ3n) is 3.30. The Bertz CT molecular complexity index is 632. The quantitative estimate of drug-likeness (QED) is 0.715. The van der Waals surface area contributed by atoms with Crippen molar-refractivity contribution in [2.45, 2.75) is 13.2 Å². The molecule has 124 valence electrons. The lowest BCUT2D eigenvalue weighted by molar-refractivity contribution is -0.671. The molecule has 0 heterocycles. The molecule has 0 aliphatic rings. The van der Waals surface area contributed by atoms with Crippen LogP contribution in [0.15, 0.2) is 36.4 Å². The Hall–Kier alpha value is -1.46. The first-order chi connectivity index (χ1) is 11.1. The van der Waals surface area contributed by atoms with Crippen LogP contribution >= 0.6 is 23.2 Å². The zero-order valence-electron chi connectivity index (χ0n) is 12.9. The molecule has 0 bridgehead atoms. The van der Waals surface area contributed by atoms with E-state index in [0.717, 1.165) is 11.1 Å². The average Bonchev–Trinajstić information content (AvgIpc) is 2.55. The molecular formula is C17H20Cl2NO3+. The molecule has 2 rings (SSSR count). The number of rotatable bonds is 8. The van der Waals surface area contributed by atoms with Crippen molar-refractivity contribution in [2.75, 3.05) is 20.3 Å². The number of hydrogen-bond acceptors (Lipinski definition) is 3. The molecule has 0 unspecified atom stereocenters. The largest absolute Gasteiger partial charge is 0.493 e. The van der Waals surface area contributed by atoms with E-state index in [1.54, 1.807) is 7.11 Å². The summed E-state index contributed by atoms with van der Waals surface area (Å²) < 4.78 is 11.2. The number of hydrogen-bond donors (Lipinski definition) is 2. The number of quaternary nitrogens is 1. The lowest BCUT2D eigenvalue weighted by Gasteiger charge is -2.14. The Morgan fingerprint density at radius 1 is 1.09 bits per heavy atom. The molecule has 4 nitrogen and oxygen atoms in total. The van der Waals surface area contributed by atoms with E-state index in [2.05, 4.69) is 0 Å². The van der Waals surface area contributed by atoms with Gasteiger partial charge in [0, 0.05) is 10.6 Å². The predicted octanol–water partition coefficient (Wildman–Crippen LogP) is 2.64. The monoisotopic (exact) mass is 356 g/mol. The van der Waals surface area contributed by atoms with Crippen molar-refractivity contribution in [3.63, 3.8) is 0 Å². The van der Waals surface area contributed by atoms with E-state index < -0.39 is 0 Å². The number of halogens is 2. The Balaban J connectivity index is 2.09. The van der Waals surface area contributed by atoms with Gasteiger partial charge in [-0.3, -0.25) is 0 Å². The number of ether oxygens (including phenoxy) is 2. The van der Waals surface area contributed by atoms with E-state index in [9.17, 15) is 0 Å². The zero-order chi connectivity index (χ0) is 16.7. The highest BCUT2D eigenvalue weighted by Crippen LogP contribution is 2.36. The Kier molecular flexibility index (Phi) is 6.99. The third kappa shape index (κ3) is 5.29. The standard InChI is InChI=1S/C17H19Cl2NO3/c1-22-16-9-13(10-20-6-7-21)8-15(19)17(16)23-11-12-2-4-14(18)5-3-12/h2-5,8-9,20-21H,6-7,10-11H2,1H3/p+1. The molecule has 0 amide bonds. The van der Waals surface area contributed by atoms with E-state index >= 15 is 0 Å². The van der Waals surface area contributed by atoms with Crippen LogP contribution < -0.4 is 14.8 Å². The molecule has 0 spiro atoms. The minimum atomic E-state index is 0.146. The molecule has 2 aromatic rings. The van der Waals surface area contributed by atoms with Gasteiger partial charge in [0.05, 0.1) is 25.3 Å². The van der Waals surface area contributed by atoms with Gasteiger partial charge in [0.15, 0.2) is 11.5 Å². The van der Waals surface area contributed by atoms with Crippen LogP contribution in [0.25, 0.3) is 0 Å². The minimum Gasteiger partial charge on any atom is -0.493 e. The van der Waals surface area contributed by atoms with Crippen LogP contribution in [0.4, 0.5) is 0 Å². The second-order valence-electron chi connectivity index (χ2n) is 5.03. The summed E-state index contributed by atoms with van der Waals surface area (Å²) >= 11 is 12.2.